The van der Waals surface area contributed by atoms with E-state index < -0.39 is 0 Å². The SMILES string of the molecule is Cc1cc(CNC(C)c2ccc(O)cc2O)on1. The zero-order valence-corrected chi connectivity index (χ0v) is 10.3. The van der Waals surface area contributed by atoms with E-state index in [4.69, 9.17) is 4.52 Å². The number of nitrogens with one attached hydrogen (secondary N) is 1. The van der Waals surface area contributed by atoms with Crippen molar-refractivity contribution in [3.8, 4) is 11.5 Å². The highest BCUT2D eigenvalue weighted by Crippen LogP contribution is 2.27. The average molecular weight is 248 g/mol. The summed E-state index contributed by atoms with van der Waals surface area (Å²) in [6.07, 6.45) is 0. The second kappa shape index (κ2) is 5.10. The van der Waals surface area contributed by atoms with Crippen molar-refractivity contribution in [2.24, 2.45) is 0 Å². The van der Waals surface area contributed by atoms with Crippen molar-refractivity contribution in [1.82, 2.24) is 10.5 Å². The number of hydrogen-bond acceptors (Lipinski definition) is 5. The minimum atomic E-state index is -0.0593. The van der Waals surface area contributed by atoms with Gasteiger partial charge in [0.1, 0.15) is 11.5 Å². The van der Waals surface area contributed by atoms with Gasteiger partial charge in [-0.3, -0.25) is 0 Å². The lowest BCUT2D eigenvalue weighted by Gasteiger charge is -2.14. The van der Waals surface area contributed by atoms with Crippen LogP contribution in [-0.2, 0) is 6.54 Å². The molecule has 1 aromatic heterocycles. The molecule has 3 N–H and O–H groups in total. The maximum Gasteiger partial charge on any atom is 0.150 e. The quantitative estimate of drug-likeness (QED) is 0.773. The summed E-state index contributed by atoms with van der Waals surface area (Å²) in [4.78, 5) is 0. The molecule has 5 heteroatoms. The van der Waals surface area contributed by atoms with Crippen LogP contribution in [0.3, 0.4) is 0 Å². The molecular formula is C13H16N2O3. The number of nitrogens with zero attached hydrogens (tertiary/aromatic N) is 1. The van der Waals surface area contributed by atoms with Crippen LogP contribution in [0.5, 0.6) is 11.5 Å². The summed E-state index contributed by atoms with van der Waals surface area (Å²) < 4.78 is 5.08. The van der Waals surface area contributed by atoms with Crippen molar-refractivity contribution in [3.63, 3.8) is 0 Å². The minimum absolute atomic E-state index is 0.0503. The molecule has 2 aromatic rings. The van der Waals surface area contributed by atoms with Crippen LogP contribution in [0.15, 0.2) is 28.8 Å². The molecule has 18 heavy (non-hydrogen) atoms. The van der Waals surface area contributed by atoms with Gasteiger partial charge in [-0.05, 0) is 19.9 Å². The number of aryl methyl sites for hydroxylation is 1. The lowest BCUT2D eigenvalue weighted by Crippen LogP contribution is -2.17. The van der Waals surface area contributed by atoms with Gasteiger partial charge in [-0.15, -0.1) is 0 Å². The monoisotopic (exact) mass is 248 g/mol. The topological polar surface area (TPSA) is 78.5 Å². The fourth-order valence-electron chi connectivity index (χ4n) is 1.76. The molecule has 0 amide bonds. The Kier molecular flexibility index (Phi) is 3.53. The smallest absolute Gasteiger partial charge is 0.150 e. The van der Waals surface area contributed by atoms with Crippen LogP contribution in [0, 0.1) is 6.92 Å². The summed E-state index contributed by atoms with van der Waals surface area (Å²) in [6, 6.07) is 6.36. The van der Waals surface area contributed by atoms with E-state index in [0.717, 1.165) is 17.0 Å². The summed E-state index contributed by atoms with van der Waals surface area (Å²) in [5, 5.41) is 26.0. The van der Waals surface area contributed by atoms with Gasteiger partial charge in [-0.25, -0.2) is 0 Å². The van der Waals surface area contributed by atoms with Crippen LogP contribution < -0.4 is 5.32 Å². The molecule has 5 nitrogen and oxygen atoms in total. The Balaban J connectivity index is 2.01. The Morgan fingerprint density at radius 2 is 2.11 bits per heavy atom. The number of aromatic hydroxyl groups is 2. The Morgan fingerprint density at radius 1 is 1.33 bits per heavy atom. The predicted molar refractivity (Wildman–Crippen MR) is 66.3 cm³/mol. The molecule has 0 aliphatic rings. The third-order valence-corrected chi connectivity index (χ3v) is 2.74. The van der Waals surface area contributed by atoms with Crippen molar-refractivity contribution >= 4 is 0 Å². The largest absolute Gasteiger partial charge is 0.508 e. The van der Waals surface area contributed by atoms with E-state index in [1.54, 1.807) is 12.1 Å². The van der Waals surface area contributed by atoms with Crippen molar-refractivity contribution in [2.45, 2.75) is 26.4 Å². The van der Waals surface area contributed by atoms with Gasteiger partial charge < -0.3 is 20.1 Å². The third-order valence-electron chi connectivity index (χ3n) is 2.74. The fraction of sp³-hybridized carbons (Fsp3) is 0.308. The van der Waals surface area contributed by atoms with E-state index in [1.807, 2.05) is 19.9 Å². The molecule has 2 rings (SSSR count). The van der Waals surface area contributed by atoms with Crippen LogP contribution in [0.4, 0.5) is 0 Å². The first-order valence-electron chi connectivity index (χ1n) is 5.73. The number of rotatable bonds is 4. The van der Waals surface area contributed by atoms with E-state index in [2.05, 4.69) is 10.5 Å². The van der Waals surface area contributed by atoms with Crippen LogP contribution in [0.25, 0.3) is 0 Å². The molecular weight excluding hydrogens is 232 g/mol. The van der Waals surface area contributed by atoms with Crippen molar-refractivity contribution in [2.75, 3.05) is 0 Å². The van der Waals surface area contributed by atoms with Crippen LogP contribution in [0.1, 0.15) is 30.0 Å². The van der Waals surface area contributed by atoms with Crippen LogP contribution in [0.2, 0.25) is 0 Å². The zero-order chi connectivity index (χ0) is 13.1. The molecule has 0 aliphatic heterocycles. The van der Waals surface area contributed by atoms with Crippen molar-refractivity contribution in [1.29, 1.82) is 0 Å². The van der Waals surface area contributed by atoms with E-state index in [1.165, 1.54) is 6.07 Å². The van der Waals surface area contributed by atoms with Crippen LogP contribution >= 0.6 is 0 Å². The molecule has 1 heterocycles. The number of hydrogen-bond donors (Lipinski definition) is 3. The number of phenolic OH excluding ortho intramolecular Hbond substituents is 2. The molecule has 0 spiro atoms. The van der Waals surface area contributed by atoms with Gasteiger partial charge in [-0.2, -0.15) is 0 Å². The summed E-state index contributed by atoms with van der Waals surface area (Å²) >= 11 is 0. The van der Waals surface area contributed by atoms with Gasteiger partial charge in [0.25, 0.3) is 0 Å². The average Bonchev–Trinajstić information content (AvgIpc) is 2.72. The third kappa shape index (κ3) is 2.81. The molecule has 0 aliphatic carbocycles. The molecule has 0 saturated carbocycles. The van der Waals surface area contributed by atoms with E-state index >= 15 is 0 Å². The highest BCUT2D eigenvalue weighted by Gasteiger charge is 2.11. The lowest BCUT2D eigenvalue weighted by molar-refractivity contribution is 0.361. The zero-order valence-electron chi connectivity index (χ0n) is 10.3. The standard InChI is InChI=1S/C13H16N2O3/c1-8-5-11(18-15-8)7-14-9(2)12-4-3-10(16)6-13(12)17/h3-6,9,14,16-17H,7H2,1-2H3. The second-order valence-electron chi connectivity index (χ2n) is 4.28. The molecule has 0 radical (unpaired) electrons. The van der Waals surface area contributed by atoms with Gasteiger partial charge >= 0.3 is 0 Å². The van der Waals surface area contributed by atoms with Gasteiger partial charge in [0, 0.05) is 23.7 Å². The molecule has 1 unspecified atom stereocenters. The molecule has 0 bridgehead atoms. The lowest BCUT2D eigenvalue weighted by atomic mass is 10.1. The van der Waals surface area contributed by atoms with Gasteiger partial charge in [-0.1, -0.05) is 11.2 Å². The van der Waals surface area contributed by atoms with E-state index in [9.17, 15) is 10.2 Å². The Labute approximate surface area is 105 Å². The normalized spacial score (nSPS) is 12.6. The summed E-state index contributed by atoms with van der Waals surface area (Å²) in [7, 11) is 0. The Morgan fingerprint density at radius 3 is 2.72 bits per heavy atom. The van der Waals surface area contributed by atoms with Gasteiger partial charge in [0.2, 0.25) is 0 Å². The number of aromatic nitrogens is 1. The van der Waals surface area contributed by atoms with E-state index in [0.29, 0.717) is 6.54 Å². The van der Waals surface area contributed by atoms with E-state index in [-0.39, 0.29) is 17.5 Å². The fourth-order valence-corrected chi connectivity index (χ4v) is 1.76. The first kappa shape index (κ1) is 12.4. The Bertz CT molecular complexity index is 537. The molecule has 0 saturated heterocycles. The van der Waals surface area contributed by atoms with Gasteiger partial charge in [0.15, 0.2) is 5.76 Å². The Hall–Kier alpha value is -2.01. The number of benzene rings is 1. The first-order chi connectivity index (χ1) is 8.56. The molecule has 1 aromatic carbocycles. The predicted octanol–water partition coefficient (Wildman–Crippen LogP) is 2.25. The van der Waals surface area contributed by atoms with Crippen molar-refractivity contribution in [3.05, 3.63) is 41.3 Å². The molecule has 96 valence electrons. The minimum Gasteiger partial charge on any atom is -0.508 e. The molecule has 1 atom stereocenters. The maximum atomic E-state index is 9.73. The summed E-state index contributed by atoms with van der Waals surface area (Å²) in [5.74, 6) is 0.871. The molecule has 0 fully saturated rings. The highest BCUT2D eigenvalue weighted by molar-refractivity contribution is 5.40. The second-order valence-corrected chi connectivity index (χ2v) is 4.28. The highest BCUT2D eigenvalue weighted by atomic mass is 16.5. The first-order valence-corrected chi connectivity index (χ1v) is 5.73. The van der Waals surface area contributed by atoms with Crippen LogP contribution in [-0.4, -0.2) is 15.4 Å². The maximum absolute atomic E-state index is 9.73. The van der Waals surface area contributed by atoms with Gasteiger partial charge in [0.05, 0.1) is 12.2 Å². The number of phenols is 2. The summed E-state index contributed by atoms with van der Waals surface area (Å²) in [6.45, 7) is 4.32. The van der Waals surface area contributed by atoms with Crippen molar-refractivity contribution < 1.29 is 14.7 Å². The summed E-state index contributed by atoms with van der Waals surface area (Å²) in [5.41, 5.74) is 1.57.